The van der Waals surface area contributed by atoms with Crippen LogP contribution in [0.4, 0.5) is 0 Å². The van der Waals surface area contributed by atoms with Crippen LogP contribution in [0.5, 0.6) is 11.5 Å². The van der Waals surface area contributed by atoms with Crippen molar-refractivity contribution in [3.63, 3.8) is 0 Å². The molecule has 4 rings (SSSR count). The normalized spacial score (nSPS) is 24.2. The van der Waals surface area contributed by atoms with Crippen molar-refractivity contribution >= 4 is 5.91 Å². The Kier molecular flexibility index (Phi) is 5.27. The van der Waals surface area contributed by atoms with Crippen molar-refractivity contribution in [2.45, 2.75) is 43.9 Å². The fourth-order valence-electron chi connectivity index (χ4n) is 4.44. The highest BCUT2D eigenvalue weighted by Gasteiger charge is 2.42. The van der Waals surface area contributed by atoms with E-state index >= 15 is 0 Å². The topological polar surface area (TPSA) is 50.8 Å². The highest BCUT2D eigenvalue weighted by Crippen LogP contribution is 2.39. The van der Waals surface area contributed by atoms with Crippen LogP contribution in [0.3, 0.4) is 0 Å². The number of rotatable bonds is 3. The second kappa shape index (κ2) is 7.84. The Balaban J connectivity index is 1.68. The lowest BCUT2D eigenvalue weighted by atomic mass is 9.81. The average molecular weight is 380 g/mol. The second-order valence-electron chi connectivity index (χ2n) is 7.82. The largest absolute Gasteiger partial charge is 0.496 e. The van der Waals surface area contributed by atoms with Gasteiger partial charge in [-0.2, -0.15) is 0 Å². The molecule has 5 heteroatoms. The first-order chi connectivity index (χ1) is 13.6. The lowest BCUT2D eigenvalue weighted by molar-refractivity contribution is 0.000355. The van der Waals surface area contributed by atoms with Crippen LogP contribution in [-0.4, -0.2) is 43.2 Å². The third-order valence-corrected chi connectivity index (χ3v) is 6.07. The number of nitrogens with zero attached hydrogens (tertiary/aromatic N) is 1. The number of fused-ring (bicyclic) bond motifs is 1. The fourth-order valence-corrected chi connectivity index (χ4v) is 4.44. The van der Waals surface area contributed by atoms with E-state index in [0.717, 1.165) is 37.0 Å². The van der Waals surface area contributed by atoms with Crippen LogP contribution in [0, 0.1) is 0 Å². The summed E-state index contributed by atoms with van der Waals surface area (Å²) in [5.41, 5.74) is 1.32. The van der Waals surface area contributed by atoms with Crippen LogP contribution in [-0.2, 0) is 6.54 Å². The Bertz CT molecular complexity index is 843. The van der Waals surface area contributed by atoms with Gasteiger partial charge in [0.2, 0.25) is 0 Å². The summed E-state index contributed by atoms with van der Waals surface area (Å²) in [6.45, 7) is 1.14. The highest BCUT2D eigenvalue weighted by molar-refractivity contribution is 5.97. The van der Waals surface area contributed by atoms with Crippen LogP contribution in [0.2, 0.25) is 0 Å². The maximum Gasteiger partial charge on any atom is 0.258 e. The Morgan fingerprint density at radius 1 is 1.14 bits per heavy atom. The molecule has 1 aliphatic carbocycles. The van der Waals surface area contributed by atoms with Gasteiger partial charge in [-0.15, -0.1) is 0 Å². The third-order valence-electron chi connectivity index (χ3n) is 6.07. The molecule has 0 saturated heterocycles. The summed E-state index contributed by atoms with van der Waals surface area (Å²) in [5.74, 6) is 1.51. The number of nitrogens with one attached hydrogen (secondary N) is 1. The smallest absolute Gasteiger partial charge is 0.258 e. The minimum atomic E-state index is -0.336. The molecular formula is C23H28N2O3. The van der Waals surface area contributed by atoms with E-state index in [-0.39, 0.29) is 11.5 Å². The molecule has 1 saturated carbocycles. The second-order valence-corrected chi connectivity index (χ2v) is 7.82. The summed E-state index contributed by atoms with van der Waals surface area (Å²) in [5, 5.41) is 3.38. The number of ether oxygens (including phenoxy) is 2. The molecule has 1 heterocycles. The zero-order chi connectivity index (χ0) is 19.6. The average Bonchev–Trinajstić information content (AvgIpc) is 2.90. The van der Waals surface area contributed by atoms with E-state index in [0.29, 0.717) is 30.4 Å². The molecular weight excluding hydrogens is 352 g/mol. The number of carbonyl (C=O) groups excluding carboxylic acids is 1. The molecule has 2 aromatic carbocycles. The quantitative estimate of drug-likeness (QED) is 0.883. The van der Waals surface area contributed by atoms with E-state index in [4.69, 9.17) is 9.47 Å². The van der Waals surface area contributed by atoms with E-state index in [2.05, 4.69) is 11.4 Å². The van der Waals surface area contributed by atoms with Gasteiger partial charge in [-0.3, -0.25) is 4.79 Å². The first kappa shape index (κ1) is 18.8. The fraction of sp³-hybridized carbons (Fsp3) is 0.435. The van der Waals surface area contributed by atoms with Crippen LogP contribution in [0.1, 0.15) is 41.6 Å². The summed E-state index contributed by atoms with van der Waals surface area (Å²) in [4.78, 5) is 15.4. The molecule has 2 aliphatic rings. The number of hydrogen-bond acceptors (Lipinski definition) is 4. The van der Waals surface area contributed by atoms with Gasteiger partial charge in [-0.1, -0.05) is 30.3 Å². The maximum absolute atomic E-state index is 13.5. The first-order valence-electron chi connectivity index (χ1n) is 10.0. The Morgan fingerprint density at radius 3 is 2.61 bits per heavy atom. The van der Waals surface area contributed by atoms with Gasteiger partial charge in [0.25, 0.3) is 5.91 Å². The van der Waals surface area contributed by atoms with Crippen molar-refractivity contribution in [3.8, 4) is 11.5 Å². The molecule has 0 aromatic heterocycles. The zero-order valence-corrected chi connectivity index (χ0v) is 16.6. The molecule has 1 spiro atoms. The number of benzene rings is 2. The zero-order valence-electron chi connectivity index (χ0n) is 16.6. The molecule has 0 atom stereocenters. The summed E-state index contributed by atoms with van der Waals surface area (Å²) in [6, 6.07) is 16.0. The Hall–Kier alpha value is -2.53. The molecule has 0 bridgehead atoms. The molecule has 1 amide bonds. The summed E-state index contributed by atoms with van der Waals surface area (Å²) in [7, 11) is 3.62. The molecule has 0 radical (unpaired) electrons. The van der Waals surface area contributed by atoms with E-state index in [1.54, 1.807) is 7.11 Å². The van der Waals surface area contributed by atoms with E-state index in [1.807, 2.05) is 54.4 Å². The van der Waals surface area contributed by atoms with Crippen molar-refractivity contribution in [1.29, 1.82) is 0 Å². The highest BCUT2D eigenvalue weighted by atomic mass is 16.5. The van der Waals surface area contributed by atoms with Crippen molar-refractivity contribution < 1.29 is 14.3 Å². The number of amides is 1. The monoisotopic (exact) mass is 380 g/mol. The van der Waals surface area contributed by atoms with Gasteiger partial charge in [-0.25, -0.2) is 0 Å². The Labute approximate surface area is 166 Å². The van der Waals surface area contributed by atoms with Crippen molar-refractivity contribution in [3.05, 3.63) is 59.7 Å². The van der Waals surface area contributed by atoms with Crippen LogP contribution in [0.25, 0.3) is 0 Å². The predicted molar refractivity (Wildman–Crippen MR) is 109 cm³/mol. The van der Waals surface area contributed by atoms with Gasteiger partial charge in [0.05, 0.1) is 19.2 Å². The Morgan fingerprint density at radius 2 is 1.86 bits per heavy atom. The first-order valence-corrected chi connectivity index (χ1v) is 10.0. The summed E-state index contributed by atoms with van der Waals surface area (Å²) < 4.78 is 12.0. The summed E-state index contributed by atoms with van der Waals surface area (Å²) in [6.07, 6.45) is 3.97. The van der Waals surface area contributed by atoms with Crippen molar-refractivity contribution in [1.82, 2.24) is 10.2 Å². The van der Waals surface area contributed by atoms with Gasteiger partial charge in [0, 0.05) is 18.2 Å². The minimum Gasteiger partial charge on any atom is -0.496 e. The van der Waals surface area contributed by atoms with Crippen LogP contribution >= 0.6 is 0 Å². The standard InChI is InChI=1S/C23H28N2O3/c1-24-18-11-13-23(14-12-18)16-25(15-17-7-3-5-9-20(17)28-23)22(26)19-8-4-6-10-21(19)27-2/h3-10,18,24H,11-16H2,1-2H3. The van der Waals surface area contributed by atoms with Gasteiger partial charge < -0.3 is 19.7 Å². The van der Waals surface area contributed by atoms with Gasteiger partial charge in [0.15, 0.2) is 0 Å². The lowest BCUT2D eigenvalue weighted by Gasteiger charge is -2.41. The predicted octanol–water partition coefficient (Wildman–Crippen LogP) is 3.63. The molecule has 0 unspecified atom stereocenters. The van der Waals surface area contributed by atoms with Gasteiger partial charge in [0.1, 0.15) is 17.1 Å². The van der Waals surface area contributed by atoms with E-state index < -0.39 is 0 Å². The number of hydrogen-bond donors (Lipinski definition) is 1. The van der Waals surface area contributed by atoms with Crippen molar-refractivity contribution in [2.24, 2.45) is 0 Å². The maximum atomic E-state index is 13.5. The number of para-hydroxylation sites is 2. The molecule has 2 aromatic rings. The van der Waals surface area contributed by atoms with Crippen molar-refractivity contribution in [2.75, 3.05) is 20.7 Å². The molecule has 28 heavy (non-hydrogen) atoms. The van der Waals surface area contributed by atoms with E-state index in [1.165, 1.54) is 0 Å². The van der Waals surface area contributed by atoms with Gasteiger partial charge in [-0.05, 0) is 50.9 Å². The molecule has 5 nitrogen and oxygen atoms in total. The molecule has 1 aliphatic heterocycles. The number of carbonyl (C=O) groups is 1. The van der Waals surface area contributed by atoms with E-state index in [9.17, 15) is 4.79 Å². The molecule has 1 fully saturated rings. The van der Waals surface area contributed by atoms with Crippen LogP contribution in [0.15, 0.2) is 48.5 Å². The third kappa shape index (κ3) is 3.59. The number of methoxy groups -OCH3 is 1. The minimum absolute atomic E-state index is 0.00660. The van der Waals surface area contributed by atoms with Crippen LogP contribution < -0.4 is 14.8 Å². The molecule has 148 valence electrons. The summed E-state index contributed by atoms with van der Waals surface area (Å²) >= 11 is 0. The molecule has 1 N–H and O–H groups in total. The SMILES string of the molecule is CNC1CCC2(CC1)CN(C(=O)c1ccccc1OC)Cc1ccccc1O2. The lowest BCUT2D eigenvalue weighted by Crippen LogP contribution is -2.51. The van der Waals surface area contributed by atoms with Gasteiger partial charge >= 0.3 is 0 Å².